The molecule has 1 atom stereocenters. The lowest BCUT2D eigenvalue weighted by Gasteiger charge is -2.36. The monoisotopic (exact) mass is 499 g/mol. The summed E-state index contributed by atoms with van der Waals surface area (Å²) in [6, 6.07) is 7.70. The second kappa shape index (κ2) is 10.3. The van der Waals surface area contributed by atoms with Gasteiger partial charge in [0.25, 0.3) is 5.91 Å². The largest absolute Gasteiger partial charge is 0.491 e. The Bertz CT molecular complexity index is 1250. The quantitative estimate of drug-likeness (QED) is 0.530. The van der Waals surface area contributed by atoms with E-state index in [4.69, 9.17) is 10.5 Å². The summed E-state index contributed by atoms with van der Waals surface area (Å²) < 4.78 is 44.5. The number of aromatic nitrogens is 3. The fraction of sp³-hybridized carbons (Fsp3) is 0.320. The summed E-state index contributed by atoms with van der Waals surface area (Å²) in [5, 5.41) is 0. The van der Waals surface area contributed by atoms with Crippen molar-refractivity contribution in [2.75, 3.05) is 13.2 Å². The number of halogens is 3. The lowest BCUT2D eigenvalue weighted by Crippen LogP contribution is -2.47. The number of nitrogens with zero attached hydrogens (tertiary/aromatic N) is 4. The molecule has 3 heterocycles. The van der Waals surface area contributed by atoms with E-state index < -0.39 is 30.5 Å². The zero-order valence-corrected chi connectivity index (χ0v) is 19.5. The van der Waals surface area contributed by atoms with Crippen LogP contribution in [0.2, 0.25) is 0 Å². The summed E-state index contributed by atoms with van der Waals surface area (Å²) in [6.07, 6.45) is -0.727. The Kier molecular flexibility index (Phi) is 7.18. The van der Waals surface area contributed by atoms with Crippen LogP contribution < -0.4 is 10.5 Å². The van der Waals surface area contributed by atoms with Crippen LogP contribution in [0.3, 0.4) is 0 Å². The normalized spacial score (nSPS) is 15.1. The molecular weight excluding hydrogens is 475 g/mol. The summed E-state index contributed by atoms with van der Waals surface area (Å²) in [6.45, 7) is 1.74. The molecule has 3 aromatic rings. The molecule has 1 aromatic carbocycles. The van der Waals surface area contributed by atoms with E-state index in [0.717, 1.165) is 16.7 Å². The topological polar surface area (TPSA) is 111 Å². The SMILES string of the molecule is Cc1ncc(-c2cccc3c2C[C@H](N(CCCC(F)(F)F)C(=O)c2ccc(C(N)=O)cn2)CO3)cn1. The minimum Gasteiger partial charge on any atom is -0.491 e. The van der Waals surface area contributed by atoms with Crippen molar-refractivity contribution in [3.8, 4) is 16.9 Å². The summed E-state index contributed by atoms with van der Waals surface area (Å²) in [4.78, 5) is 38.6. The molecule has 2 N–H and O–H groups in total. The summed E-state index contributed by atoms with van der Waals surface area (Å²) in [7, 11) is 0. The van der Waals surface area contributed by atoms with Crippen molar-refractivity contribution in [1.29, 1.82) is 0 Å². The maximum Gasteiger partial charge on any atom is 0.389 e. The first-order valence-electron chi connectivity index (χ1n) is 11.3. The van der Waals surface area contributed by atoms with Crippen molar-refractivity contribution in [2.24, 2.45) is 5.73 Å². The van der Waals surface area contributed by atoms with Crippen molar-refractivity contribution in [3.05, 3.63) is 71.6 Å². The van der Waals surface area contributed by atoms with Crippen LogP contribution in [0.25, 0.3) is 11.1 Å². The fourth-order valence-electron chi connectivity index (χ4n) is 4.11. The van der Waals surface area contributed by atoms with Gasteiger partial charge in [0.2, 0.25) is 5.91 Å². The van der Waals surface area contributed by atoms with Crippen molar-refractivity contribution < 1.29 is 27.5 Å². The van der Waals surface area contributed by atoms with Crippen LogP contribution >= 0.6 is 0 Å². The Morgan fingerprint density at radius 1 is 1.11 bits per heavy atom. The molecule has 0 bridgehead atoms. The molecule has 0 fully saturated rings. The zero-order valence-electron chi connectivity index (χ0n) is 19.5. The van der Waals surface area contributed by atoms with Gasteiger partial charge in [-0.15, -0.1) is 0 Å². The second-order valence-electron chi connectivity index (χ2n) is 8.48. The number of pyridine rings is 1. The minimum absolute atomic E-state index is 0.00183. The smallest absolute Gasteiger partial charge is 0.389 e. The van der Waals surface area contributed by atoms with Crippen LogP contribution in [0.1, 0.15) is 45.1 Å². The number of hydrogen-bond donors (Lipinski definition) is 1. The van der Waals surface area contributed by atoms with Gasteiger partial charge in [-0.05, 0) is 37.1 Å². The summed E-state index contributed by atoms with van der Waals surface area (Å²) >= 11 is 0. The Labute approximate surface area is 205 Å². The molecule has 0 aliphatic carbocycles. The van der Waals surface area contributed by atoms with Gasteiger partial charge in [0, 0.05) is 49.1 Å². The highest BCUT2D eigenvalue weighted by Crippen LogP contribution is 2.35. The molecule has 2 aromatic heterocycles. The van der Waals surface area contributed by atoms with Gasteiger partial charge in [-0.2, -0.15) is 13.2 Å². The average molecular weight is 499 g/mol. The van der Waals surface area contributed by atoms with E-state index in [0.29, 0.717) is 18.0 Å². The number of fused-ring (bicyclic) bond motifs is 1. The number of alkyl halides is 3. The highest BCUT2D eigenvalue weighted by atomic mass is 19.4. The first-order valence-corrected chi connectivity index (χ1v) is 11.3. The van der Waals surface area contributed by atoms with Crippen molar-refractivity contribution in [1.82, 2.24) is 19.9 Å². The molecule has 1 aliphatic rings. The molecule has 4 rings (SSSR count). The van der Waals surface area contributed by atoms with E-state index >= 15 is 0 Å². The van der Waals surface area contributed by atoms with Crippen molar-refractivity contribution in [2.45, 2.75) is 38.4 Å². The standard InChI is InChI=1S/C25H24F3N5O3/c1-15-30-12-17(13-31-15)19-4-2-5-22-20(19)10-18(14-36-22)33(9-3-8-25(26,27)28)24(35)21-7-6-16(11-32-21)23(29)34/h2,4-7,11-13,18H,3,8-10,14H2,1H3,(H2,29,34)/t18-/m0/s1. The number of ether oxygens (including phenoxy) is 1. The Morgan fingerprint density at radius 2 is 1.86 bits per heavy atom. The van der Waals surface area contributed by atoms with E-state index in [1.807, 2.05) is 18.2 Å². The number of benzene rings is 1. The molecule has 188 valence electrons. The third-order valence-corrected chi connectivity index (χ3v) is 5.92. The number of primary amides is 1. The Hall–Kier alpha value is -4.02. The highest BCUT2D eigenvalue weighted by Gasteiger charge is 2.33. The van der Waals surface area contributed by atoms with Gasteiger partial charge in [0.1, 0.15) is 23.9 Å². The van der Waals surface area contributed by atoms with Crippen LogP contribution in [0.5, 0.6) is 5.75 Å². The van der Waals surface area contributed by atoms with E-state index in [1.54, 1.807) is 19.3 Å². The Balaban J connectivity index is 1.63. The number of aryl methyl sites for hydroxylation is 1. The summed E-state index contributed by atoms with van der Waals surface area (Å²) in [5.74, 6) is -0.000234. The van der Waals surface area contributed by atoms with Crippen LogP contribution in [0.4, 0.5) is 13.2 Å². The Morgan fingerprint density at radius 3 is 2.50 bits per heavy atom. The van der Waals surface area contributed by atoms with Crippen molar-refractivity contribution >= 4 is 11.8 Å². The first kappa shape index (κ1) is 25.1. The van der Waals surface area contributed by atoms with E-state index in [1.165, 1.54) is 23.2 Å². The molecule has 8 nitrogen and oxygen atoms in total. The van der Waals surface area contributed by atoms with Crippen LogP contribution in [0, 0.1) is 6.92 Å². The molecule has 0 radical (unpaired) electrons. The maximum absolute atomic E-state index is 13.4. The molecule has 2 amide bonds. The maximum atomic E-state index is 13.4. The highest BCUT2D eigenvalue weighted by molar-refractivity contribution is 5.95. The average Bonchev–Trinajstić information content (AvgIpc) is 2.85. The minimum atomic E-state index is -4.34. The summed E-state index contributed by atoms with van der Waals surface area (Å²) in [5.41, 5.74) is 7.75. The number of carbonyl (C=O) groups excluding carboxylic acids is 2. The predicted octanol–water partition coefficient (Wildman–Crippen LogP) is 3.73. The molecule has 0 saturated heterocycles. The number of nitrogens with two attached hydrogens (primary N) is 1. The molecule has 0 saturated carbocycles. The van der Waals surface area contributed by atoms with Crippen LogP contribution in [-0.4, -0.2) is 57.0 Å². The van der Waals surface area contributed by atoms with Gasteiger partial charge >= 0.3 is 6.18 Å². The fourth-order valence-corrected chi connectivity index (χ4v) is 4.11. The lowest BCUT2D eigenvalue weighted by molar-refractivity contribution is -0.136. The van der Waals surface area contributed by atoms with Crippen LogP contribution in [-0.2, 0) is 6.42 Å². The first-order chi connectivity index (χ1) is 17.1. The molecule has 36 heavy (non-hydrogen) atoms. The van der Waals surface area contributed by atoms with Gasteiger partial charge in [0.15, 0.2) is 0 Å². The van der Waals surface area contributed by atoms with E-state index in [9.17, 15) is 22.8 Å². The molecule has 11 heteroatoms. The van der Waals surface area contributed by atoms with Gasteiger partial charge in [0.05, 0.1) is 11.6 Å². The molecular formula is C25H24F3N5O3. The number of amides is 2. The van der Waals surface area contributed by atoms with Gasteiger partial charge in [-0.3, -0.25) is 14.6 Å². The predicted molar refractivity (Wildman–Crippen MR) is 124 cm³/mol. The lowest BCUT2D eigenvalue weighted by atomic mass is 9.93. The number of rotatable bonds is 7. The third kappa shape index (κ3) is 5.78. The molecule has 1 aliphatic heterocycles. The van der Waals surface area contributed by atoms with Crippen LogP contribution in [0.15, 0.2) is 48.9 Å². The van der Waals surface area contributed by atoms with E-state index in [2.05, 4.69) is 15.0 Å². The van der Waals surface area contributed by atoms with Crippen molar-refractivity contribution in [3.63, 3.8) is 0 Å². The number of carbonyl (C=O) groups is 2. The second-order valence-corrected chi connectivity index (χ2v) is 8.48. The zero-order chi connectivity index (χ0) is 25.9. The molecule has 0 unspecified atom stereocenters. The molecule has 0 spiro atoms. The van der Waals surface area contributed by atoms with Gasteiger partial charge in [-0.25, -0.2) is 9.97 Å². The van der Waals surface area contributed by atoms with E-state index in [-0.39, 0.29) is 30.8 Å². The van der Waals surface area contributed by atoms with Gasteiger partial charge in [-0.1, -0.05) is 12.1 Å². The number of hydrogen-bond acceptors (Lipinski definition) is 6. The third-order valence-electron chi connectivity index (χ3n) is 5.92. The van der Waals surface area contributed by atoms with Gasteiger partial charge < -0.3 is 15.4 Å².